The van der Waals surface area contributed by atoms with E-state index in [0.717, 1.165) is 10.0 Å². The molecular weight excluding hydrogens is 190 g/mol. The zero-order chi connectivity index (χ0) is 7.72. The molecule has 1 aromatic rings. The molecular formula is C8H10BrN. The van der Waals surface area contributed by atoms with Gasteiger partial charge in [0.05, 0.1) is 0 Å². The van der Waals surface area contributed by atoms with Crippen LogP contribution in [0.5, 0.6) is 0 Å². The van der Waals surface area contributed by atoms with Gasteiger partial charge in [-0.3, -0.25) is 0 Å². The molecule has 0 bridgehead atoms. The molecule has 0 radical (unpaired) electrons. The number of aromatic nitrogens is 1. The van der Waals surface area contributed by atoms with Crippen LogP contribution in [0, 0.1) is 0 Å². The number of aryl methyl sites for hydroxylation is 1. The monoisotopic (exact) mass is 199 g/mol. The molecule has 0 atom stereocenters. The van der Waals surface area contributed by atoms with Crippen molar-refractivity contribution in [2.24, 2.45) is 7.05 Å². The first-order chi connectivity index (χ1) is 4.61. The van der Waals surface area contributed by atoms with Gasteiger partial charge in [0.1, 0.15) is 0 Å². The molecule has 0 spiro atoms. The first-order valence-electron chi connectivity index (χ1n) is 3.09. The fraction of sp³-hybridized carbons (Fsp3) is 0.250. The van der Waals surface area contributed by atoms with Gasteiger partial charge in [-0.2, -0.15) is 0 Å². The van der Waals surface area contributed by atoms with Crippen molar-refractivity contribution in [3.05, 3.63) is 29.0 Å². The largest absolute Gasteiger partial charge is 0.350 e. The molecule has 0 aromatic carbocycles. The van der Waals surface area contributed by atoms with E-state index in [0.29, 0.717) is 0 Å². The Balaban J connectivity index is 3.15. The molecule has 1 aromatic heterocycles. The average molecular weight is 200 g/mol. The van der Waals surface area contributed by atoms with Gasteiger partial charge in [0.15, 0.2) is 0 Å². The van der Waals surface area contributed by atoms with E-state index in [1.807, 2.05) is 24.7 Å². The fourth-order valence-electron chi connectivity index (χ4n) is 0.948. The second-order valence-corrected chi connectivity index (χ2v) is 3.35. The summed E-state index contributed by atoms with van der Waals surface area (Å²) in [4.78, 5) is 0. The summed E-state index contributed by atoms with van der Waals surface area (Å²) in [6.45, 7) is 5.86. The molecule has 1 nitrogen and oxygen atoms in total. The van der Waals surface area contributed by atoms with Crippen LogP contribution in [-0.4, -0.2) is 4.57 Å². The number of halogens is 1. The van der Waals surface area contributed by atoms with Crippen LogP contribution in [0.15, 0.2) is 23.3 Å². The highest BCUT2D eigenvalue weighted by Crippen LogP contribution is 2.18. The minimum atomic E-state index is 1.09. The molecule has 2 heteroatoms. The van der Waals surface area contributed by atoms with Crippen molar-refractivity contribution in [1.29, 1.82) is 0 Å². The summed E-state index contributed by atoms with van der Waals surface area (Å²) in [6.07, 6.45) is 2.02. The lowest BCUT2D eigenvalue weighted by Gasteiger charge is -1.98. The van der Waals surface area contributed by atoms with Crippen LogP contribution in [0.1, 0.15) is 12.6 Å². The third-order valence-corrected chi connectivity index (χ3v) is 1.84. The van der Waals surface area contributed by atoms with Gasteiger partial charge in [0.2, 0.25) is 0 Å². The second-order valence-electron chi connectivity index (χ2n) is 2.43. The maximum Gasteiger partial charge on any atom is 0.0439 e. The minimum absolute atomic E-state index is 1.09. The van der Waals surface area contributed by atoms with Crippen molar-refractivity contribution in [3.8, 4) is 0 Å². The molecule has 0 aliphatic rings. The van der Waals surface area contributed by atoms with E-state index in [-0.39, 0.29) is 0 Å². The highest BCUT2D eigenvalue weighted by molar-refractivity contribution is 9.10. The van der Waals surface area contributed by atoms with Crippen LogP contribution in [0.3, 0.4) is 0 Å². The highest BCUT2D eigenvalue weighted by Gasteiger charge is 1.99. The van der Waals surface area contributed by atoms with E-state index in [1.165, 1.54) is 5.69 Å². The Hall–Kier alpha value is -0.500. The predicted octanol–water partition coefficient (Wildman–Crippen LogP) is 2.82. The summed E-state index contributed by atoms with van der Waals surface area (Å²) in [5, 5.41) is 0. The minimum Gasteiger partial charge on any atom is -0.350 e. The summed E-state index contributed by atoms with van der Waals surface area (Å²) in [5.74, 6) is 0. The lowest BCUT2D eigenvalue weighted by atomic mass is 10.2. The third kappa shape index (κ3) is 1.32. The van der Waals surface area contributed by atoms with Crippen molar-refractivity contribution >= 4 is 21.5 Å². The lowest BCUT2D eigenvalue weighted by molar-refractivity contribution is 0.907. The van der Waals surface area contributed by atoms with E-state index in [9.17, 15) is 0 Å². The molecule has 10 heavy (non-hydrogen) atoms. The lowest BCUT2D eigenvalue weighted by Crippen LogP contribution is -1.89. The van der Waals surface area contributed by atoms with Gasteiger partial charge in [-0.25, -0.2) is 0 Å². The summed E-state index contributed by atoms with van der Waals surface area (Å²) < 4.78 is 3.15. The zero-order valence-corrected chi connectivity index (χ0v) is 7.77. The van der Waals surface area contributed by atoms with Crippen LogP contribution in [0.4, 0.5) is 0 Å². The van der Waals surface area contributed by atoms with E-state index in [1.54, 1.807) is 0 Å². The van der Waals surface area contributed by atoms with Crippen molar-refractivity contribution < 1.29 is 0 Å². The zero-order valence-electron chi connectivity index (χ0n) is 6.19. The number of hydrogen-bond acceptors (Lipinski definition) is 0. The molecule has 1 heterocycles. The molecule has 1 rings (SSSR count). The SMILES string of the molecule is C=C(C)c1cc(Br)cn1C. The molecule has 0 unspecified atom stereocenters. The molecule has 0 saturated heterocycles. The van der Waals surface area contributed by atoms with Crippen LogP contribution < -0.4 is 0 Å². The molecule has 54 valence electrons. The van der Waals surface area contributed by atoms with Crippen LogP contribution in [0.2, 0.25) is 0 Å². The first kappa shape index (κ1) is 7.61. The molecule has 0 N–H and O–H groups in total. The number of rotatable bonds is 1. The number of allylic oxidation sites excluding steroid dienone is 1. The Morgan fingerprint density at radius 1 is 1.70 bits per heavy atom. The number of nitrogens with zero attached hydrogens (tertiary/aromatic N) is 1. The summed E-state index contributed by atoms with van der Waals surface area (Å²) in [6, 6.07) is 2.06. The van der Waals surface area contributed by atoms with Gasteiger partial charge < -0.3 is 4.57 Å². The van der Waals surface area contributed by atoms with Crippen molar-refractivity contribution in [1.82, 2.24) is 4.57 Å². The average Bonchev–Trinajstić information content (AvgIpc) is 2.10. The van der Waals surface area contributed by atoms with Crippen LogP contribution >= 0.6 is 15.9 Å². The van der Waals surface area contributed by atoms with Crippen molar-refractivity contribution in [3.63, 3.8) is 0 Å². The molecule has 0 amide bonds. The highest BCUT2D eigenvalue weighted by atomic mass is 79.9. The van der Waals surface area contributed by atoms with E-state index in [4.69, 9.17) is 0 Å². The predicted molar refractivity (Wildman–Crippen MR) is 47.8 cm³/mol. The standard InChI is InChI=1S/C8H10BrN/c1-6(2)8-4-7(9)5-10(8)3/h4-5H,1H2,2-3H3. The third-order valence-electron chi connectivity index (χ3n) is 1.41. The van der Waals surface area contributed by atoms with Gasteiger partial charge in [-0.1, -0.05) is 6.58 Å². The Labute approximate surface area is 69.5 Å². The first-order valence-corrected chi connectivity index (χ1v) is 3.88. The van der Waals surface area contributed by atoms with Gasteiger partial charge in [0.25, 0.3) is 0 Å². The summed E-state index contributed by atoms with van der Waals surface area (Å²) in [5.41, 5.74) is 2.26. The smallest absolute Gasteiger partial charge is 0.0439 e. The quantitative estimate of drug-likeness (QED) is 0.656. The van der Waals surface area contributed by atoms with Crippen molar-refractivity contribution in [2.75, 3.05) is 0 Å². The summed E-state index contributed by atoms with van der Waals surface area (Å²) >= 11 is 3.39. The molecule has 0 aliphatic carbocycles. The normalized spacial score (nSPS) is 9.90. The Kier molecular flexibility index (Phi) is 2.00. The Bertz CT molecular complexity index is 260. The number of hydrogen-bond donors (Lipinski definition) is 0. The molecule has 0 saturated carbocycles. The Morgan fingerprint density at radius 3 is 2.50 bits per heavy atom. The fourth-order valence-corrected chi connectivity index (χ4v) is 1.47. The van der Waals surface area contributed by atoms with E-state index < -0.39 is 0 Å². The second kappa shape index (κ2) is 2.62. The van der Waals surface area contributed by atoms with Gasteiger partial charge in [-0.05, 0) is 34.5 Å². The van der Waals surface area contributed by atoms with Gasteiger partial charge in [0, 0.05) is 23.4 Å². The molecule has 0 aliphatic heterocycles. The van der Waals surface area contributed by atoms with E-state index >= 15 is 0 Å². The van der Waals surface area contributed by atoms with Gasteiger partial charge in [-0.15, -0.1) is 0 Å². The molecule has 0 fully saturated rings. The maximum atomic E-state index is 3.86. The van der Waals surface area contributed by atoms with Crippen LogP contribution in [0.25, 0.3) is 5.57 Å². The van der Waals surface area contributed by atoms with Gasteiger partial charge >= 0.3 is 0 Å². The maximum absolute atomic E-state index is 3.86. The van der Waals surface area contributed by atoms with E-state index in [2.05, 4.69) is 28.6 Å². The topological polar surface area (TPSA) is 4.93 Å². The Morgan fingerprint density at radius 2 is 2.30 bits per heavy atom. The summed E-state index contributed by atoms with van der Waals surface area (Å²) in [7, 11) is 2.01. The van der Waals surface area contributed by atoms with Crippen LogP contribution in [-0.2, 0) is 7.05 Å². The van der Waals surface area contributed by atoms with Crippen molar-refractivity contribution in [2.45, 2.75) is 6.92 Å².